The Morgan fingerprint density at radius 2 is 2.16 bits per heavy atom. The molecule has 0 atom stereocenters. The van der Waals surface area contributed by atoms with Gasteiger partial charge in [-0.15, -0.1) is 0 Å². The smallest absolute Gasteiger partial charge is 0.293 e. The minimum absolute atomic E-state index is 0.0693. The minimum Gasteiger partial charge on any atom is -0.365 e. The van der Waals surface area contributed by atoms with E-state index in [0.717, 1.165) is 13.0 Å². The number of rotatable bonds is 6. The summed E-state index contributed by atoms with van der Waals surface area (Å²) in [5, 5.41) is 3.09. The second kappa shape index (κ2) is 6.17. The molecule has 102 valence electrons. The van der Waals surface area contributed by atoms with Gasteiger partial charge in [0.25, 0.3) is 5.56 Å². The highest BCUT2D eigenvalue weighted by Crippen LogP contribution is 2.01. The molecule has 2 heterocycles. The van der Waals surface area contributed by atoms with Crippen molar-refractivity contribution >= 4 is 5.82 Å². The highest BCUT2D eigenvalue weighted by Gasteiger charge is 2.06. The van der Waals surface area contributed by atoms with E-state index in [0.29, 0.717) is 12.4 Å². The van der Waals surface area contributed by atoms with Crippen molar-refractivity contribution in [2.45, 2.75) is 32.9 Å². The van der Waals surface area contributed by atoms with Gasteiger partial charge in [-0.05, 0) is 20.3 Å². The van der Waals surface area contributed by atoms with Gasteiger partial charge in [0.05, 0.1) is 6.33 Å². The second-order valence-electron chi connectivity index (χ2n) is 4.66. The van der Waals surface area contributed by atoms with Crippen LogP contribution in [0.2, 0.25) is 0 Å². The summed E-state index contributed by atoms with van der Waals surface area (Å²) in [6.45, 7) is 5.54. The van der Waals surface area contributed by atoms with E-state index in [2.05, 4.69) is 15.3 Å². The number of aromatic nitrogens is 4. The predicted molar refractivity (Wildman–Crippen MR) is 74.2 cm³/mol. The van der Waals surface area contributed by atoms with Gasteiger partial charge in [-0.25, -0.2) is 9.97 Å². The first-order valence-corrected chi connectivity index (χ1v) is 6.45. The number of imidazole rings is 1. The van der Waals surface area contributed by atoms with Crippen molar-refractivity contribution in [3.05, 3.63) is 41.5 Å². The molecule has 2 rings (SSSR count). The first-order valence-electron chi connectivity index (χ1n) is 6.45. The first kappa shape index (κ1) is 13.3. The van der Waals surface area contributed by atoms with E-state index < -0.39 is 0 Å². The standard InChI is InChI=1S/C13H19N5O/c1-11(2)18-9-6-16-12(13(18)19)15-4-3-7-17-8-5-14-10-17/h5-6,8-11H,3-4,7H2,1-2H3,(H,15,16). The van der Waals surface area contributed by atoms with Crippen LogP contribution in [0.25, 0.3) is 0 Å². The van der Waals surface area contributed by atoms with Crippen molar-refractivity contribution in [3.63, 3.8) is 0 Å². The largest absolute Gasteiger partial charge is 0.365 e. The molecule has 2 aromatic rings. The fourth-order valence-electron chi connectivity index (χ4n) is 1.84. The van der Waals surface area contributed by atoms with Crippen LogP contribution in [-0.2, 0) is 6.54 Å². The maximum absolute atomic E-state index is 12.1. The summed E-state index contributed by atoms with van der Waals surface area (Å²) < 4.78 is 3.68. The van der Waals surface area contributed by atoms with Crippen LogP contribution in [0.5, 0.6) is 0 Å². The van der Waals surface area contributed by atoms with Crippen LogP contribution in [0.1, 0.15) is 26.3 Å². The van der Waals surface area contributed by atoms with Gasteiger partial charge in [-0.3, -0.25) is 4.79 Å². The number of aryl methyl sites for hydroxylation is 1. The molecule has 0 saturated heterocycles. The van der Waals surface area contributed by atoms with Crippen LogP contribution in [0.15, 0.2) is 35.9 Å². The van der Waals surface area contributed by atoms with E-state index >= 15 is 0 Å². The van der Waals surface area contributed by atoms with Crippen LogP contribution in [0.3, 0.4) is 0 Å². The van der Waals surface area contributed by atoms with Crippen molar-refractivity contribution in [3.8, 4) is 0 Å². The molecule has 0 aliphatic heterocycles. The van der Waals surface area contributed by atoms with Gasteiger partial charge in [0.1, 0.15) is 0 Å². The van der Waals surface area contributed by atoms with Crippen molar-refractivity contribution < 1.29 is 0 Å². The molecule has 2 aromatic heterocycles. The van der Waals surface area contributed by atoms with Crippen molar-refractivity contribution in [2.75, 3.05) is 11.9 Å². The molecule has 0 radical (unpaired) electrons. The normalized spacial score (nSPS) is 10.9. The van der Waals surface area contributed by atoms with Crippen LogP contribution in [-0.4, -0.2) is 25.6 Å². The van der Waals surface area contributed by atoms with E-state index in [1.54, 1.807) is 29.5 Å². The third kappa shape index (κ3) is 3.43. The monoisotopic (exact) mass is 261 g/mol. The number of hydrogen-bond donors (Lipinski definition) is 1. The van der Waals surface area contributed by atoms with Gasteiger partial charge < -0.3 is 14.5 Å². The van der Waals surface area contributed by atoms with Crippen LogP contribution in [0.4, 0.5) is 5.82 Å². The number of nitrogens with one attached hydrogen (secondary N) is 1. The summed E-state index contributed by atoms with van der Waals surface area (Å²) in [6.07, 6.45) is 9.74. The molecule has 0 fully saturated rings. The lowest BCUT2D eigenvalue weighted by atomic mass is 10.3. The van der Waals surface area contributed by atoms with Crippen LogP contribution < -0.4 is 10.9 Å². The van der Waals surface area contributed by atoms with E-state index in [-0.39, 0.29) is 11.6 Å². The van der Waals surface area contributed by atoms with E-state index in [9.17, 15) is 4.79 Å². The first-order chi connectivity index (χ1) is 9.18. The Morgan fingerprint density at radius 1 is 1.32 bits per heavy atom. The number of anilines is 1. The molecule has 1 N–H and O–H groups in total. The zero-order valence-electron chi connectivity index (χ0n) is 11.3. The predicted octanol–water partition coefficient (Wildman–Crippen LogP) is 1.52. The molecule has 0 bridgehead atoms. The maximum atomic E-state index is 12.1. The SMILES string of the molecule is CC(C)n1ccnc(NCCCn2ccnc2)c1=O. The topological polar surface area (TPSA) is 64.7 Å². The summed E-state index contributed by atoms with van der Waals surface area (Å²) in [5.41, 5.74) is -0.0693. The summed E-state index contributed by atoms with van der Waals surface area (Å²) in [5.74, 6) is 0.418. The van der Waals surface area contributed by atoms with Gasteiger partial charge in [-0.2, -0.15) is 0 Å². The lowest BCUT2D eigenvalue weighted by Gasteiger charge is -2.11. The lowest BCUT2D eigenvalue weighted by molar-refractivity contribution is 0.574. The van der Waals surface area contributed by atoms with E-state index in [1.807, 2.05) is 24.6 Å². The van der Waals surface area contributed by atoms with Crippen molar-refractivity contribution in [1.82, 2.24) is 19.1 Å². The summed E-state index contributed by atoms with van der Waals surface area (Å²) >= 11 is 0. The fourth-order valence-corrected chi connectivity index (χ4v) is 1.84. The molecule has 0 aliphatic rings. The Kier molecular flexibility index (Phi) is 4.33. The quantitative estimate of drug-likeness (QED) is 0.801. The van der Waals surface area contributed by atoms with Gasteiger partial charge in [-0.1, -0.05) is 0 Å². The van der Waals surface area contributed by atoms with Gasteiger partial charge in [0, 0.05) is 43.9 Å². The van der Waals surface area contributed by atoms with Crippen LogP contribution in [0, 0.1) is 0 Å². The van der Waals surface area contributed by atoms with Gasteiger partial charge in [0.2, 0.25) is 0 Å². The van der Waals surface area contributed by atoms with Gasteiger partial charge >= 0.3 is 0 Å². The second-order valence-corrected chi connectivity index (χ2v) is 4.66. The average Bonchev–Trinajstić information content (AvgIpc) is 2.89. The Morgan fingerprint density at radius 3 is 2.84 bits per heavy atom. The molecule has 0 amide bonds. The van der Waals surface area contributed by atoms with E-state index in [1.165, 1.54) is 0 Å². The average molecular weight is 261 g/mol. The third-order valence-electron chi connectivity index (χ3n) is 2.87. The van der Waals surface area contributed by atoms with Crippen LogP contribution >= 0.6 is 0 Å². The zero-order chi connectivity index (χ0) is 13.7. The maximum Gasteiger partial charge on any atom is 0.293 e. The van der Waals surface area contributed by atoms with E-state index in [4.69, 9.17) is 0 Å². The molecular formula is C13H19N5O. The zero-order valence-corrected chi connectivity index (χ0v) is 11.3. The Balaban J connectivity index is 1.89. The number of hydrogen-bond acceptors (Lipinski definition) is 4. The third-order valence-corrected chi connectivity index (χ3v) is 2.87. The highest BCUT2D eigenvalue weighted by atomic mass is 16.1. The summed E-state index contributed by atoms with van der Waals surface area (Å²) in [4.78, 5) is 20.1. The summed E-state index contributed by atoms with van der Waals surface area (Å²) in [7, 11) is 0. The molecule has 6 nitrogen and oxygen atoms in total. The Labute approximate surface area is 112 Å². The molecule has 0 saturated carbocycles. The van der Waals surface area contributed by atoms with Gasteiger partial charge in [0.15, 0.2) is 5.82 Å². The molecule has 0 aliphatic carbocycles. The Bertz CT molecular complexity index is 559. The summed E-state index contributed by atoms with van der Waals surface area (Å²) in [6, 6.07) is 0.141. The number of nitrogens with zero attached hydrogens (tertiary/aromatic N) is 4. The molecule has 0 spiro atoms. The lowest BCUT2D eigenvalue weighted by Crippen LogP contribution is -2.26. The molecule has 19 heavy (non-hydrogen) atoms. The molecular weight excluding hydrogens is 242 g/mol. The minimum atomic E-state index is -0.0693. The molecule has 0 unspecified atom stereocenters. The van der Waals surface area contributed by atoms with Crippen molar-refractivity contribution in [2.24, 2.45) is 0 Å². The Hall–Kier alpha value is -2.11. The fraction of sp³-hybridized carbons (Fsp3) is 0.462. The molecule has 6 heteroatoms. The molecule has 0 aromatic carbocycles. The van der Waals surface area contributed by atoms with Crippen molar-refractivity contribution in [1.29, 1.82) is 0 Å². The highest BCUT2D eigenvalue weighted by molar-refractivity contribution is 5.30.